The Labute approximate surface area is 146 Å². The predicted molar refractivity (Wildman–Crippen MR) is 94.0 cm³/mol. The van der Waals surface area contributed by atoms with Crippen molar-refractivity contribution >= 4 is 11.9 Å². The fraction of sp³-hybridized carbons (Fsp3) is 0.421. The first-order valence-electron chi connectivity index (χ1n) is 8.55. The molecule has 0 bridgehead atoms. The third-order valence-corrected chi connectivity index (χ3v) is 4.83. The minimum atomic E-state index is -0.813. The largest absolute Gasteiger partial charge is 0.481 e. The van der Waals surface area contributed by atoms with Crippen LogP contribution in [0.1, 0.15) is 47.1 Å². The number of hydrogen-bond donors (Lipinski definition) is 2. The number of aryl methyl sites for hydroxylation is 1. The molecule has 1 heterocycles. The van der Waals surface area contributed by atoms with E-state index < -0.39 is 5.97 Å². The lowest BCUT2D eigenvalue weighted by atomic mass is 10.1. The molecule has 1 aromatic carbocycles. The number of aromatic nitrogens is 2. The number of carboxylic acids is 1. The zero-order chi connectivity index (χ0) is 18.1. The average molecular weight is 341 g/mol. The van der Waals surface area contributed by atoms with Crippen LogP contribution in [0.15, 0.2) is 24.3 Å². The summed E-state index contributed by atoms with van der Waals surface area (Å²) in [5, 5.41) is 16.4. The second-order valence-electron chi connectivity index (χ2n) is 6.79. The Morgan fingerprint density at radius 3 is 2.48 bits per heavy atom. The SMILES string of the molecule is Cc1nn(-c2ccc(C(=O)NC3CC3C)cc2)c(C)c1CCC(=O)O. The topological polar surface area (TPSA) is 84.2 Å². The maximum atomic E-state index is 12.2. The molecular weight excluding hydrogens is 318 g/mol. The summed E-state index contributed by atoms with van der Waals surface area (Å²) in [5.41, 5.74) is 4.23. The number of benzene rings is 1. The lowest BCUT2D eigenvalue weighted by molar-refractivity contribution is -0.136. The molecule has 1 saturated carbocycles. The Kier molecular flexibility index (Phi) is 4.61. The first-order chi connectivity index (χ1) is 11.9. The summed E-state index contributed by atoms with van der Waals surface area (Å²) in [6.45, 7) is 5.95. The second-order valence-corrected chi connectivity index (χ2v) is 6.79. The quantitative estimate of drug-likeness (QED) is 0.846. The van der Waals surface area contributed by atoms with Gasteiger partial charge < -0.3 is 10.4 Å². The lowest BCUT2D eigenvalue weighted by Gasteiger charge is -2.08. The van der Waals surface area contributed by atoms with Gasteiger partial charge in [-0.3, -0.25) is 9.59 Å². The highest BCUT2D eigenvalue weighted by atomic mass is 16.4. The van der Waals surface area contributed by atoms with Crippen LogP contribution in [0.4, 0.5) is 0 Å². The Morgan fingerprint density at radius 1 is 1.28 bits per heavy atom. The van der Waals surface area contributed by atoms with E-state index in [0.717, 1.165) is 29.1 Å². The molecule has 0 radical (unpaired) electrons. The van der Waals surface area contributed by atoms with Crippen molar-refractivity contribution in [3.8, 4) is 5.69 Å². The van der Waals surface area contributed by atoms with Crippen LogP contribution in [0, 0.1) is 19.8 Å². The Bertz CT molecular complexity index is 808. The predicted octanol–water partition coefficient (Wildman–Crippen LogP) is 2.64. The van der Waals surface area contributed by atoms with Crippen molar-refractivity contribution in [1.29, 1.82) is 0 Å². The van der Waals surface area contributed by atoms with Gasteiger partial charge in [0.25, 0.3) is 5.91 Å². The molecule has 0 spiro atoms. The smallest absolute Gasteiger partial charge is 0.303 e. The van der Waals surface area contributed by atoms with Crippen LogP contribution in [0.25, 0.3) is 5.69 Å². The number of aliphatic carboxylic acids is 1. The molecule has 2 unspecified atom stereocenters. The van der Waals surface area contributed by atoms with E-state index in [1.807, 2.05) is 26.0 Å². The number of nitrogens with zero attached hydrogens (tertiary/aromatic N) is 2. The normalized spacial score (nSPS) is 18.8. The molecule has 1 amide bonds. The van der Waals surface area contributed by atoms with E-state index in [1.54, 1.807) is 16.8 Å². The summed E-state index contributed by atoms with van der Waals surface area (Å²) in [7, 11) is 0. The zero-order valence-electron chi connectivity index (χ0n) is 14.7. The van der Waals surface area contributed by atoms with Crippen molar-refractivity contribution in [2.24, 2.45) is 5.92 Å². The molecule has 2 atom stereocenters. The molecule has 6 heteroatoms. The van der Waals surface area contributed by atoms with Crippen LogP contribution >= 0.6 is 0 Å². The molecular formula is C19H23N3O3. The van der Waals surface area contributed by atoms with Gasteiger partial charge in [-0.25, -0.2) is 4.68 Å². The van der Waals surface area contributed by atoms with Gasteiger partial charge in [-0.15, -0.1) is 0 Å². The summed E-state index contributed by atoms with van der Waals surface area (Å²) >= 11 is 0. The Balaban J connectivity index is 1.77. The van der Waals surface area contributed by atoms with Crippen molar-refractivity contribution in [3.05, 3.63) is 46.8 Å². The highest BCUT2D eigenvalue weighted by Crippen LogP contribution is 2.29. The van der Waals surface area contributed by atoms with E-state index in [2.05, 4.69) is 17.3 Å². The molecule has 1 aromatic heterocycles. The van der Waals surface area contributed by atoms with Crippen molar-refractivity contribution in [1.82, 2.24) is 15.1 Å². The van der Waals surface area contributed by atoms with E-state index in [-0.39, 0.29) is 12.3 Å². The summed E-state index contributed by atoms with van der Waals surface area (Å²) in [6, 6.07) is 7.63. The van der Waals surface area contributed by atoms with Crippen molar-refractivity contribution in [2.75, 3.05) is 0 Å². The van der Waals surface area contributed by atoms with Crippen LogP contribution in [0.2, 0.25) is 0 Å². The molecule has 1 fully saturated rings. The standard InChI is InChI=1S/C19H23N3O3/c1-11-10-17(11)20-19(25)14-4-6-15(7-5-14)22-13(3)16(12(2)21-22)8-9-18(23)24/h4-7,11,17H,8-10H2,1-3H3,(H,20,25)(H,23,24). The highest BCUT2D eigenvalue weighted by Gasteiger charge is 2.33. The molecule has 3 rings (SSSR count). The molecule has 1 aliphatic rings. The first-order valence-corrected chi connectivity index (χ1v) is 8.55. The zero-order valence-corrected chi connectivity index (χ0v) is 14.7. The number of amides is 1. The van der Waals surface area contributed by atoms with Crippen molar-refractivity contribution < 1.29 is 14.7 Å². The Morgan fingerprint density at radius 2 is 1.92 bits per heavy atom. The van der Waals surface area contributed by atoms with Gasteiger partial charge >= 0.3 is 5.97 Å². The second kappa shape index (κ2) is 6.70. The number of nitrogens with one attached hydrogen (secondary N) is 1. The molecule has 6 nitrogen and oxygen atoms in total. The van der Waals surface area contributed by atoms with Crippen LogP contribution in [-0.2, 0) is 11.2 Å². The molecule has 0 saturated heterocycles. The molecule has 2 aromatic rings. The lowest BCUT2D eigenvalue weighted by Crippen LogP contribution is -2.26. The van der Waals surface area contributed by atoms with Gasteiger partial charge in [-0.1, -0.05) is 6.92 Å². The van der Waals surface area contributed by atoms with Gasteiger partial charge in [0.05, 0.1) is 11.4 Å². The van der Waals surface area contributed by atoms with Crippen LogP contribution < -0.4 is 5.32 Å². The van der Waals surface area contributed by atoms with Gasteiger partial charge in [-0.2, -0.15) is 5.10 Å². The minimum absolute atomic E-state index is 0.0450. The van der Waals surface area contributed by atoms with Gasteiger partial charge in [0.2, 0.25) is 0 Å². The number of carboxylic acid groups (broad SMARTS) is 1. The molecule has 132 valence electrons. The van der Waals surface area contributed by atoms with Gasteiger partial charge in [-0.05, 0) is 62.4 Å². The summed E-state index contributed by atoms with van der Waals surface area (Å²) in [5.74, 6) is -0.287. The van der Waals surface area contributed by atoms with E-state index in [4.69, 9.17) is 5.11 Å². The van der Waals surface area contributed by atoms with E-state index in [9.17, 15) is 9.59 Å². The molecule has 2 N–H and O–H groups in total. The van der Waals surface area contributed by atoms with Crippen LogP contribution in [0.3, 0.4) is 0 Å². The van der Waals surface area contributed by atoms with Crippen LogP contribution in [0.5, 0.6) is 0 Å². The first kappa shape index (κ1) is 17.2. The molecule has 25 heavy (non-hydrogen) atoms. The molecule has 0 aliphatic heterocycles. The van der Waals surface area contributed by atoms with E-state index in [1.165, 1.54) is 0 Å². The summed E-state index contributed by atoms with van der Waals surface area (Å²) < 4.78 is 1.80. The minimum Gasteiger partial charge on any atom is -0.481 e. The third kappa shape index (κ3) is 3.73. The average Bonchev–Trinajstić information content (AvgIpc) is 3.18. The number of hydrogen-bond acceptors (Lipinski definition) is 3. The third-order valence-electron chi connectivity index (χ3n) is 4.83. The van der Waals surface area contributed by atoms with Crippen molar-refractivity contribution in [2.45, 2.75) is 46.1 Å². The summed E-state index contributed by atoms with van der Waals surface area (Å²) in [4.78, 5) is 23.0. The van der Waals surface area contributed by atoms with Gasteiger partial charge in [0, 0.05) is 23.7 Å². The highest BCUT2D eigenvalue weighted by molar-refractivity contribution is 5.94. The van der Waals surface area contributed by atoms with E-state index >= 15 is 0 Å². The maximum Gasteiger partial charge on any atom is 0.303 e. The number of carbonyl (C=O) groups excluding carboxylic acids is 1. The van der Waals surface area contributed by atoms with Crippen LogP contribution in [-0.4, -0.2) is 32.8 Å². The fourth-order valence-corrected chi connectivity index (χ4v) is 3.05. The fourth-order valence-electron chi connectivity index (χ4n) is 3.05. The molecule has 1 aliphatic carbocycles. The van der Waals surface area contributed by atoms with Crippen molar-refractivity contribution in [3.63, 3.8) is 0 Å². The van der Waals surface area contributed by atoms with Gasteiger partial charge in [0.15, 0.2) is 0 Å². The monoisotopic (exact) mass is 341 g/mol. The summed E-state index contributed by atoms with van der Waals surface area (Å²) in [6.07, 6.45) is 1.60. The van der Waals surface area contributed by atoms with E-state index in [0.29, 0.717) is 23.9 Å². The Hall–Kier alpha value is -2.63. The number of carbonyl (C=O) groups is 2. The van der Waals surface area contributed by atoms with Gasteiger partial charge in [0.1, 0.15) is 0 Å². The maximum absolute atomic E-state index is 12.2. The number of rotatable bonds is 6.